The number of fused-ring (bicyclic) bond motifs is 1. The van der Waals surface area contributed by atoms with Gasteiger partial charge >= 0.3 is 0 Å². The lowest BCUT2D eigenvalue weighted by Crippen LogP contribution is -2.40. The number of carbonyl (C=O) groups is 1. The van der Waals surface area contributed by atoms with Gasteiger partial charge in [-0.3, -0.25) is 4.79 Å². The Balaban J connectivity index is 1.93. The van der Waals surface area contributed by atoms with Crippen molar-refractivity contribution in [2.75, 3.05) is 19.0 Å². The van der Waals surface area contributed by atoms with Gasteiger partial charge in [-0.1, -0.05) is 18.2 Å². The fourth-order valence-corrected chi connectivity index (χ4v) is 2.77. The highest BCUT2D eigenvalue weighted by Crippen LogP contribution is 2.29. The van der Waals surface area contributed by atoms with Crippen molar-refractivity contribution in [2.45, 2.75) is 26.3 Å². The van der Waals surface area contributed by atoms with E-state index < -0.39 is 6.67 Å². The first-order valence-electron chi connectivity index (χ1n) is 8.96. The minimum atomic E-state index is -0.622. The molecule has 0 bridgehead atoms. The molecular formula is C21H23FN4O2. The van der Waals surface area contributed by atoms with Gasteiger partial charge in [0.2, 0.25) is 11.8 Å². The van der Waals surface area contributed by atoms with E-state index in [0.717, 1.165) is 11.1 Å². The van der Waals surface area contributed by atoms with Crippen molar-refractivity contribution in [3.05, 3.63) is 48.0 Å². The van der Waals surface area contributed by atoms with Crippen LogP contribution in [-0.2, 0) is 0 Å². The monoisotopic (exact) mass is 382 g/mol. The maximum absolute atomic E-state index is 12.5. The minimum Gasteiger partial charge on any atom is -0.474 e. The van der Waals surface area contributed by atoms with Crippen LogP contribution in [0.4, 0.5) is 10.3 Å². The van der Waals surface area contributed by atoms with E-state index in [0.29, 0.717) is 16.5 Å². The lowest BCUT2D eigenvalue weighted by molar-refractivity contribution is 0.0919. The van der Waals surface area contributed by atoms with Crippen LogP contribution in [0.3, 0.4) is 0 Å². The Kier molecular flexibility index (Phi) is 5.44. The molecule has 0 spiro atoms. The number of hydrogen-bond acceptors (Lipinski definition) is 5. The third-order valence-corrected chi connectivity index (χ3v) is 3.96. The number of aromatic nitrogens is 2. The Bertz CT molecular complexity index is 998. The van der Waals surface area contributed by atoms with Crippen molar-refractivity contribution in [2.24, 2.45) is 0 Å². The number of nitrogens with two attached hydrogens (primary N) is 1. The fraction of sp³-hybridized carbons (Fsp3) is 0.286. The highest BCUT2D eigenvalue weighted by atomic mass is 19.1. The normalized spacial score (nSPS) is 11.4. The van der Waals surface area contributed by atoms with E-state index in [4.69, 9.17) is 10.5 Å². The number of carbonyl (C=O) groups excluding carboxylic acids is 1. The van der Waals surface area contributed by atoms with E-state index in [1.165, 1.54) is 0 Å². The van der Waals surface area contributed by atoms with Crippen molar-refractivity contribution in [1.29, 1.82) is 0 Å². The third kappa shape index (κ3) is 4.54. The molecule has 0 radical (unpaired) electrons. The van der Waals surface area contributed by atoms with Gasteiger partial charge in [0, 0.05) is 11.1 Å². The minimum absolute atomic E-state index is 0.0725. The summed E-state index contributed by atoms with van der Waals surface area (Å²) in [5.41, 5.74) is 8.42. The second kappa shape index (κ2) is 7.80. The Morgan fingerprint density at radius 3 is 2.43 bits per heavy atom. The zero-order valence-corrected chi connectivity index (χ0v) is 16.1. The summed E-state index contributed by atoms with van der Waals surface area (Å²) in [6.07, 6.45) is 0. The van der Waals surface area contributed by atoms with Crippen LogP contribution in [0.5, 0.6) is 5.88 Å². The molecule has 0 aliphatic rings. The van der Waals surface area contributed by atoms with E-state index in [-0.39, 0.29) is 29.9 Å². The summed E-state index contributed by atoms with van der Waals surface area (Å²) in [6, 6.07) is 12.9. The molecule has 6 nitrogen and oxygen atoms in total. The van der Waals surface area contributed by atoms with Gasteiger partial charge in [-0.15, -0.1) is 0 Å². The van der Waals surface area contributed by atoms with Crippen LogP contribution in [0.2, 0.25) is 0 Å². The molecule has 1 heterocycles. The average Bonchev–Trinajstić information content (AvgIpc) is 2.64. The van der Waals surface area contributed by atoms with Crippen molar-refractivity contribution in [1.82, 2.24) is 15.3 Å². The van der Waals surface area contributed by atoms with E-state index in [1.54, 1.807) is 12.1 Å². The number of rotatable bonds is 5. The highest BCUT2D eigenvalue weighted by molar-refractivity contribution is 5.95. The summed E-state index contributed by atoms with van der Waals surface area (Å²) >= 11 is 0. The lowest BCUT2D eigenvalue weighted by Gasteiger charge is -2.20. The van der Waals surface area contributed by atoms with Gasteiger partial charge in [0.15, 0.2) is 0 Å². The van der Waals surface area contributed by atoms with Gasteiger partial charge in [0.1, 0.15) is 13.3 Å². The summed E-state index contributed by atoms with van der Waals surface area (Å²) in [6.45, 7) is 5.08. The van der Waals surface area contributed by atoms with Crippen LogP contribution in [0.15, 0.2) is 42.5 Å². The quantitative estimate of drug-likeness (QED) is 0.701. The molecule has 3 N–H and O–H groups in total. The van der Waals surface area contributed by atoms with Crippen molar-refractivity contribution in [3.8, 4) is 17.0 Å². The molecule has 28 heavy (non-hydrogen) atoms. The Hall–Kier alpha value is -3.22. The number of alkyl halides is 1. The van der Waals surface area contributed by atoms with Gasteiger partial charge in [-0.05, 0) is 56.2 Å². The van der Waals surface area contributed by atoms with E-state index in [2.05, 4.69) is 15.3 Å². The highest BCUT2D eigenvalue weighted by Gasteiger charge is 2.15. The number of amides is 1. The molecule has 0 saturated carbocycles. The summed E-state index contributed by atoms with van der Waals surface area (Å²) in [5.74, 6) is 0.204. The molecule has 0 fully saturated rings. The standard InChI is InChI=1S/C21H23FN4O2/c1-21(2,3)26-18(27)14-6-4-13(5-7-14)15-8-9-17-16(12-15)19(28-11-10-22)25-20(23)24-17/h4-9,12H,10-11H2,1-3H3,(H,26,27)(H2,23,24,25). The first-order chi connectivity index (χ1) is 13.3. The average molecular weight is 382 g/mol. The zero-order chi connectivity index (χ0) is 20.3. The second-order valence-electron chi connectivity index (χ2n) is 7.44. The number of hydrogen-bond donors (Lipinski definition) is 2. The van der Waals surface area contributed by atoms with Crippen LogP contribution < -0.4 is 15.8 Å². The molecule has 0 aliphatic carbocycles. The number of halogens is 1. The molecule has 2 aromatic carbocycles. The summed E-state index contributed by atoms with van der Waals surface area (Å²) in [5, 5.41) is 3.58. The molecule has 0 atom stereocenters. The Morgan fingerprint density at radius 1 is 1.11 bits per heavy atom. The van der Waals surface area contributed by atoms with Crippen LogP contribution in [0.1, 0.15) is 31.1 Å². The van der Waals surface area contributed by atoms with Gasteiger partial charge in [0.25, 0.3) is 5.91 Å². The predicted molar refractivity (Wildman–Crippen MR) is 108 cm³/mol. The number of nitrogen functional groups attached to an aromatic ring is 1. The van der Waals surface area contributed by atoms with Crippen LogP contribution in [-0.4, -0.2) is 34.7 Å². The molecule has 7 heteroatoms. The maximum atomic E-state index is 12.5. The molecule has 3 aromatic rings. The van der Waals surface area contributed by atoms with Crippen LogP contribution >= 0.6 is 0 Å². The first-order valence-corrected chi connectivity index (χ1v) is 8.96. The predicted octanol–water partition coefficient (Wildman–Crippen LogP) is 3.76. The maximum Gasteiger partial charge on any atom is 0.251 e. The Labute approximate surface area is 162 Å². The summed E-state index contributed by atoms with van der Waals surface area (Å²) in [4.78, 5) is 20.5. The summed E-state index contributed by atoms with van der Waals surface area (Å²) in [7, 11) is 0. The zero-order valence-electron chi connectivity index (χ0n) is 16.1. The number of benzene rings is 2. The fourth-order valence-electron chi connectivity index (χ4n) is 2.77. The molecule has 1 amide bonds. The molecular weight excluding hydrogens is 359 g/mol. The third-order valence-electron chi connectivity index (χ3n) is 3.96. The number of nitrogens with zero attached hydrogens (tertiary/aromatic N) is 2. The Morgan fingerprint density at radius 2 is 1.79 bits per heavy atom. The lowest BCUT2D eigenvalue weighted by atomic mass is 10.0. The number of ether oxygens (including phenoxy) is 1. The van der Waals surface area contributed by atoms with E-state index >= 15 is 0 Å². The van der Waals surface area contributed by atoms with Crippen molar-refractivity contribution < 1.29 is 13.9 Å². The van der Waals surface area contributed by atoms with Gasteiger partial charge in [-0.2, -0.15) is 4.98 Å². The number of nitrogens with one attached hydrogen (secondary N) is 1. The first kappa shape index (κ1) is 19.5. The van der Waals surface area contributed by atoms with Crippen molar-refractivity contribution >= 4 is 22.8 Å². The van der Waals surface area contributed by atoms with Gasteiger partial charge in [0.05, 0.1) is 10.9 Å². The van der Waals surface area contributed by atoms with E-state index in [1.807, 2.05) is 51.1 Å². The van der Waals surface area contributed by atoms with Gasteiger partial charge < -0.3 is 15.8 Å². The smallest absolute Gasteiger partial charge is 0.251 e. The second-order valence-corrected chi connectivity index (χ2v) is 7.44. The van der Waals surface area contributed by atoms with Crippen LogP contribution in [0.25, 0.3) is 22.0 Å². The van der Waals surface area contributed by atoms with Crippen LogP contribution in [0, 0.1) is 0 Å². The molecule has 1 aromatic heterocycles. The van der Waals surface area contributed by atoms with Gasteiger partial charge in [-0.25, -0.2) is 9.37 Å². The van der Waals surface area contributed by atoms with E-state index in [9.17, 15) is 9.18 Å². The number of anilines is 1. The molecule has 146 valence electrons. The summed E-state index contributed by atoms with van der Waals surface area (Å²) < 4.78 is 17.9. The molecule has 3 rings (SSSR count). The topological polar surface area (TPSA) is 90.1 Å². The SMILES string of the molecule is CC(C)(C)NC(=O)c1ccc(-c2ccc3nc(N)nc(OCCF)c3c2)cc1. The molecule has 0 aliphatic heterocycles. The largest absolute Gasteiger partial charge is 0.474 e. The molecule has 0 saturated heterocycles. The molecule has 0 unspecified atom stereocenters. The van der Waals surface area contributed by atoms with Crippen molar-refractivity contribution in [3.63, 3.8) is 0 Å².